The molecule has 2 unspecified atom stereocenters. The second-order valence-corrected chi connectivity index (χ2v) is 8.04. The number of carboxylic acid groups (broad SMARTS) is 1. The standard InChI is InChI=1S/C23H22N6O6/c1-15-19(21(30)31)20(16-7-5-10-18(13-16)29(34)35)26(22(32)25-15)11-6-12-28-23(33)27(14-24-28)17-8-3-2-4-9-17/h2-5,7-10,13-14,19-20H,6,11-12H2,1H3,(H,30,31). The van der Waals surface area contributed by atoms with Crippen molar-refractivity contribution >= 4 is 23.4 Å². The molecule has 1 aliphatic rings. The number of carbonyl (C=O) groups excluding carboxylic acids is 1. The quantitative estimate of drug-likeness (QED) is 0.386. The number of hydrogen-bond acceptors (Lipinski definition) is 6. The lowest BCUT2D eigenvalue weighted by Crippen LogP contribution is -2.47. The smallest absolute Gasteiger partial charge is 0.350 e. The number of amides is 2. The molecule has 1 aliphatic heterocycles. The number of nitro benzene ring substituents is 1. The number of carbonyl (C=O) groups is 2. The summed E-state index contributed by atoms with van der Waals surface area (Å²) in [5, 5.41) is 25.3. The van der Waals surface area contributed by atoms with Crippen molar-refractivity contribution in [2.45, 2.75) is 25.9 Å². The van der Waals surface area contributed by atoms with E-state index < -0.39 is 28.9 Å². The van der Waals surface area contributed by atoms with Gasteiger partial charge >= 0.3 is 17.7 Å². The topological polar surface area (TPSA) is 153 Å². The van der Waals surface area contributed by atoms with Crippen molar-refractivity contribution in [2.75, 3.05) is 6.54 Å². The normalized spacial score (nSPS) is 17.8. The van der Waals surface area contributed by atoms with Crippen LogP contribution < -0.4 is 5.69 Å². The summed E-state index contributed by atoms with van der Waals surface area (Å²) in [5.41, 5.74) is 0.536. The molecule has 0 saturated heterocycles. The van der Waals surface area contributed by atoms with Crippen molar-refractivity contribution in [3.63, 3.8) is 0 Å². The fourth-order valence-electron chi connectivity index (χ4n) is 4.20. The number of aliphatic imine (C=N–C) groups is 1. The van der Waals surface area contributed by atoms with Crippen molar-refractivity contribution in [1.82, 2.24) is 19.2 Å². The summed E-state index contributed by atoms with van der Waals surface area (Å²) >= 11 is 0. The maximum Gasteiger partial charge on any atom is 0.350 e. The molecule has 2 amide bonds. The first-order valence-electron chi connectivity index (χ1n) is 10.8. The number of para-hydroxylation sites is 1. The minimum absolute atomic E-state index is 0.0669. The molecule has 2 atom stereocenters. The molecule has 0 spiro atoms. The molecule has 0 radical (unpaired) electrons. The molecule has 35 heavy (non-hydrogen) atoms. The van der Waals surface area contributed by atoms with Crippen LogP contribution in [0.15, 0.2) is 70.7 Å². The Hall–Kier alpha value is -4.61. The highest BCUT2D eigenvalue weighted by Crippen LogP contribution is 2.35. The van der Waals surface area contributed by atoms with Crippen LogP contribution in [0.25, 0.3) is 5.69 Å². The van der Waals surface area contributed by atoms with E-state index in [1.54, 1.807) is 30.3 Å². The molecular formula is C23H22N6O6. The summed E-state index contributed by atoms with van der Waals surface area (Å²) < 4.78 is 2.65. The van der Waals surface area contributed by atoms with Crippen LogP contribution in [0.1, 0.15) is 24.9 Å². The Morgan fingerprint density at radius 1 is 1.11 bits per heavy atom. The molecule has 4 rings (SSSR count). The van der Waals surface area contributed by atoms with Gasteiger partial charge in [0.05, 0.1) is 16.7 Å². The zero-order valence-corrected chi connectivity index (χ0v) is 18.7. The summed E-state index contributed by atoms with van der Waals surface area (Å²) in [6.45, 7) is 1.69. The van der Waals surface area contributed by atoms with Crippen LogP contribution in [0, 0.1) is 16.0 Å². The van der Waals surface area contributed by atoms with Gasteiger partial charge in [0.1, 0.15) is 12.2 Å². The number of aliphatic carboxylic acids is 1. The molecule has 0 aliphatic carbocycles. The molecule has 1 N–H and O–H groups in total. The maximum absolute atomic E-state index is 12.8. The number of carboxylic acids is 1. The lowest BCUT2D eigenvalue weighted by molar-refractivity contribution is -0.385. The fourth-order valence-corrected chi connectivity index (χ4v) is 4.20. The van der Waals surface area contributed by atoms with E-state index in [1.807, 2.05) is 6.07 Å². The number of non-ortho nitro benzene ring substituents is 1. The van der Waals surface area contributed by atoms with Gasteiger partial charge in [0.15, 0.2) is 0 Å². The first-order valence-corrected chi connectivity index (χ1v) is 10.8. The Morgan fingerprint density at radius 2 is 1.86 bits per heavy atom. The average Bonchev–Trinajstić information content (AvgIpc) is 3.20. The molecule has 12 heteroatoms. The zero-order chi connectivity index (χ0) is 25.1. The zero-order valence-electron chi connectivity index (χ0n) is 18.7. The van der Waals surface area contributed by atoms with Gasteiger partial charge in [-0.1, -0.05) is 30.3 Å². The predicted octanol–water partition coefficient (Wildman–Crippen LogP) is 2.67. The number of aryl methyl sites for hydroxylation is 1. The Morgan fingerprint density at radius 3 is 2.54 bits per heavy atom. The van der Waals surface area contributed by atoms with Crippen molar-refractivity contribution in [3.8, 4) is 5.69 Å². The van der Waals surface area contributed by atoms with Gasteiger partial charge in [-0.3, -0.25) is 14.9 Å². The first-order chi connectivity index (χ1) is 16.8. The van der Waals surface area contributed by atoms with Gasteiger partial charge in [-0.05, 0) is 31.0 Å². The van der Waals surface area contributed by atoms with Crippen LogP contribution in [-0.4, -0.2) is 53.5 Å². The number of hydrogen-bond donors (Lipinski definition) is 1. The van der Waals surface area contributed by atoms with E-state index in [9.17, 15) is 29.6 Å². The lowest BCUT2D eigenvalue weighted by atomic mass is 9.86. The number of aromatic nitrogens is 3. The Balaban J connectivity index is 1.59. The highest BCUT2D eigenvalue weighted by atomic mass is 16.6. The van der Waals surface area contributed by atoms with Crippen LogP contribution in [0.4, 0.5) is 10.5 Å². The molecule has 3 aromatic rings. The van der Waals surface area contributed by atoms with Crippen molar-refractivity contribution in [2.24, 2.45) is 10.9 Å². The van der Waals surface area contributed by atoms with E-state index >= 15 is 0 Å². The molecule has 12 nitrogen and oxygen atoms in total. The number of nitrogens with zero attached hydrogens (tertiary/aromatic N) is 6. The lowest BCUT2D eigenvalue weighted by Gasteiger charge is -2.37. The van der Waals surface area contributed by atoms with E-state index in [0.29, 0.717) is 11.3 Å². The third-order valence-electron chi connectivity index (χ3n) is 5.84. The average molecular weight is 478 g/mol. The van der Waals surface area contributed by atoms with Crippen LogP contribution in [0.2, 0.25) is 0 Å². The number of urea groups is 1. The summed E-state index contributed by atoms with van der Waals surface area (Å²) in [6.07, 6.45) is 1.69. The van der Waals surface area contributed by atoms with Gasteiger partial charge in [0.2, 0.25) is 0 Å². The van der Waals surface area contributed by atoms with Crippen LogP contribution in [0.5, 0.6) is 0 Å². The van der Waals surface area contributed by atoms with E-state index in [4.69, 9.17) is 0 Å². The third-order valence-corrected chi connectivity index (χ3v) is 5.84. The monoisotopic (exact) mass is 478 g/mol. The third kappa shape index (κ3) is 4.71. The summed E-state index contributed by atoms with van der Waals surface area (Å²) in [6, 6.07) is 12.9. The second kappa shape index (κ2) is 9.71. The summed E-state index contributed by atoms with van der Waals surface area (Å²) in [7, 11) is 0. The van der Waals surface area contributed by atoms with E-state index in [-0.39, 0.29) is 36.6 Å². The highest BCUT2D eigenvalue weighted by molar-refractivity contribution is 6.07. The Bertz CT molecular complexity index is 1360. The van der Waals surface area contributed by atoms with Gasteiger partial charge in [0, 0.05) is 30.9 Å². The van der Waals surface area contributed by atoms with E-state index in [2.05, 4.69) is 10.1 Å². The van der Waals surface area contributed by atoms with Crippen LogP contribution in [0.3, 0.4) is 0 Å². The van der Waals surface area contributed by atoms with Crippen LogP contribution >= 0.6 is 0 Å². The molecule has 180 valence electrons. The fraction of sp³-hybridized carbons (Fsp3) is 0.261. The molecular weight excluding hydrogens is 456 g/mol. The molecule has 0 bridgehead atoms. The molecule has 0 fully saturated rings. The number of rotatable bonds is 8. The SMILES string of the molecule is CC1=NC(=O)N(CCCn2ncn(-c3ccccc3)c2=O)C(c2cccc([N+](=O)[O-])c2)C1C(=O)O. The van der Waals surface area contributed by atoms with Crippen molar-refractivity contribution in [3.05, 3.63) is 87.1 Å². The predicted molar refractivity (Wildman–Crippen MR) is 125 cm³/mol. The van der Waals surface area contributed by atoms with Gasteiger partial charge in [-0.2, -0.15) is 5.10 Å². The molecule has 2 aromatic carbocycles. The number of benzene rings is 2. The number of nitro groups is 1. The van der Waals surface area contributed by atoms with Crippen molar-refractivity contribution in [1.29, 1.82) is 0 Å². The molecule has 0 saturated carbocycles. The molecule has 1 aromatic heterocycles. The summed E-state index contributed by atoms with van der Waals surface area (Å²) in [4.78, 5) is 53.5. The Kier molecular flexibility index (Phi) is 6.53. The minimum Gasteiger partial charge on any atom is -0.481 e. The van der Waals surface area contributed by atoms with Gasteiger partial charge in [0.25, 0.3) is 5.69 Å². The largest absolute Gasteiger partial charge is 0.481 e. The summed E-state index contributed by atoms with van der Waals surface area (Å²) in [5.74, 6) is -2.37. The van der Waals surface area contributed by atoms with E-state index in [0.717, 1.165) is 0 Å². The highest BCUT2D eigenvalue weighted by Gasteiger charge is 2.42. The van der Waals surface area contributed by atoms with Gasteiger partial charge < -0.3 is 10.0 Å². The molecule has 2 heterocycles. The van der Waals surface area contributed by atoms with E-state index in [1.165, 1.54) is 45.6 Å². The van der Waals surface area contributed by atoms with Gasteiger partial charge in [-0.25, -0.2) is 23.8 Å². The van der Waals surface area contributed by atoms with Crippen molar-refractivity contribution < 1.29 is 19.6 Å². The Labute approximate surface area is 198 Å². The minimum atomic E-state index is -1.20. The maximum atomic E-state index is 12.8. The second-order valence-electron chi connectivity index (χ2n) is 8.04. The van der Waals surface area contributed by atoms with Gasteiger partial charge in [-0.15, -0.1) is 0 Å². The van der Waals surface area contributed by atoms with Crippen LogP contribution in [-0.2, 0) is 11.3 Å². The first kappa shape index (κ1) is 23.5.